The molecule has 1 aromatic rings. The zero-order valence-corrected chi connectivity index (χ0v) is 21.3. The highest BCUT2D eigenvalue weighted by Crippen LogP contribution is 2.31. The fourth-order valence-corrected chi connectivity index (χ4v) is 7.37. The number of nitrogens with one attached hydrogen (secondary N) is 3. The fraction of sp³-hybridized carbons (Fsp3) is 0.720. The Kier molecular flexibility index (Phi) is 8.50. The van der Waals surface area contributed by atoms with Gasteiger partial charge in [0.2, 0.25) is 15.9 Å². The Morgan fingerprint density at radius 3 is 2.74 bits per heavy atom. The summed E-state index contributed by atoms with van der Waals surface area (Å²) in [4.78, 5) is 12.8. The summed E-state index contributed by atoms with van der Waals surface area (Å²) in [6, 6.07) is 5.72. The molecule has 3 fully saturated rings. The lowest BCUT2D eigenvalue weighted by Gasteiger charge is -2.31. The van der Waals surface area contributed by atoms with E-state index in [0.29, 0.717) is 43.3 Å². The maximum Gasteiger partial charge on any atom is 0.246 e. The van der Waals surface area contributed by atoms with Crippen molar-refractivity contribution in [2.24, 2.45) is 11.8 Å². The molecule has 0 saturated carbocycles. The van der Waals surface area contributed by atoms with Crippen molar-refractivity contribution in [1.29, 1.82) is 0 Å². The number of carbonyl (C=O) groups excluding carboxylic acids is 1. The van der Waals surface area contributed by atoms with Gasteiger partial charge in [0.15, 0.2) is 0 Å². The maximum atomic E-state index is 13.2. The summed E-state index contributed by atoms with van der Waals surface area (Å²) < 4.78 is 33.3. The van der Waals surface area contributed by atoms with Crippen molar-refractivity contribution >= 4 is 15.9 Å². The molecule has 1 aromatic carbocycles. The van der Waals surface area contributed by atoms with Crippen molar-refractivity contribution in [1.82, 2.24) is 20.3 Å². The van der Waals surface area contributed by atoms with Crippen molar-refractivity contribution in [3.63, 3.8) is 0 Å². The van der Waals surface area contributed by atoms with Crippen LogP contribution in [0, 0.1) is 18.8 Å². The number of rotatable bonds is 9. The molecular formula is C25H40N4O4S. The number of hydrogen-bond acceptors (Lipinski definition) is 6. The lowest BCUT2D eigenvalue weighted by atomic mass is 9.92. The van der Waals surface area contributed by atoms with Crippen LogP contribution in [0.25, 0.3) is 0 Å². The first-order valence-corrected chi connectivity index (χ1v) is 14.2. The third-order valence-corrected chi connectivity index (χ3v) is 9.65. The van der Waals surface area contributed by atoms with Crippen LogP contribution in [-0.4, -0.2) is 70.5 Å². The first kappa shape index (κ1) is 25.4. The number of carbonyl (C=O) groups is 1. The second-order valence-electron chi connectivity index (χ2n) is 10.1. The Labute approximate surface area is 204 Å². The monoisotopic (exact) mass is 492 g/mol. The van der Waals surface area contributed by atoms with Crippen molar-refractivity contribution in [3.05, 3.63) is 23.8 Å². The molecule has 0 aromatic heterocycles. The molecule has 3 saturated heterocycles. The number of ether oxygens (including phenoxy) is 1. The number of hydrogen-bond donors (Lipinski definition) is 3. The van der Waals surface area contributed by atoms with E-state index in [1.165, 1.54) is 7.11 Å². The summed E-state index contributed by atoms with van der Waals surface area (Å²) in [5.41, 5.74) is 0.903. The van der Waals surface area contributed by atoms with Crippen LogP contribution < -0.4 is 20.7 Å². The average molecular weight is 493 g/mol. The molecule has 1 amide bonds. The average Bonchev–Trinajstić information content (AvgIpc) is 3.28. The van der Waals surface area contributed by atoms with E-state index in [0.717, 1.165) is 63.6 Å². The zero-order valence-electron chi connectivity index (χ0n) is 20.5. The fourth-order valence-electron chi connectivity index (χ4n) is 5.66. The van der Waals surface area contributed by atoms with E-state index >= 15 is 0 Å². The Balaban J connectivity index is 1.15. The number of methoxy groups -OCH3 is 1. The van der Waals surface area contributed by atoms with Crippen LogP contribution in [0.15, 0.2) is 23.1 Å². The Morgan fingerprint density at radius 2 is 2.00 bits per heavy atom. The second kappa shape index (κ2) is 11.4. The molecule has 3 N–H and O–H groups in total. The van der Waals surface area contributed by atoms with Crippen LogP contribution in [0.4, 0.5) is 0 Å². The summed E-state index contributed by atoms with van der Waals surface area (Å²) in [5, 5.41) is 10.0. The normalized spacial score (nSPS) is 26.2. The van der Waals surface area contributed by atoms with Gasteiger partial charge >= 0.3 is 0 Å². The quantitative estimate of drug-likeness (QED) is 0.456. The summed E-state index contributed by atoms with van der Waals surface area (Å²) in [6.45, 7) is 5.75. The van der Waals surface area contributed by atoms with Gasteiger partial charge in [-0.25, -0.2) is 8.42 Å². The van der Waals surface area contributed by atoms with E-state index in [1.54, 1.807) is 16.4 Å². The minimum atomic E-state index is -3.55. The molecule has 3 aliphatic rings. The molecule has 4 rings (SSSR count). The van der Waals surface area contributed by atoms with Crippen LogP contribution in [0.2, 0.25) is 0 Å². The van der Waals surface area contributed by atoms with Crippen molar-refractivity contribution < 1.29 is 17.9 Å². The Hall–Kier alpha value is -1.68. The SMILES string of the molecule is COc1ccc(C)cc1S(=O)(=O)N1CCC(CCCCNC(=O)C2CC3CNCCC3N2)CC1. The molecule has 3 aliphatic heterocycles. The molecule has 190 valence electrons. The van der Waals surface area contributed by atoms with Gasteiger partial charge in [-0.15, -0.1) is 0 Å². The first-order valence-electron chi connectivity index (χ1n) is 12.8. The van der Waals surface area contributed by atoms with Crippen molar-refractivity contribution in [3.8, 4) is 5.75 Å². The molecule has 9 heteroatoms. The number of sulfonamides is 1. The minimum absolute atomic E-state index is 0.0480. The molecule has 0 bridgehead atoms. The molecular weight excluding hydrogens is 452 g/mol. The van der Waals surface area contributed by atoms with Crippen LogP contribution in [0.1, 0.15) is 50.5 Å². The lowest BCUT2D eigenvalue weighted by molar-refractivity contribution is -0.122. The van der Waals surface area contributed by atoms with E-state index < -0.39 is 10.0 Å². The van der Waals surface area contributed by atoms with Crippen molar-refractivity contribution in [2.45, 2.75) is 68.8 Å². The number of piperidine rings is 2. The van der Waals surface area contributed by atoms with Crippen LogP contribution in [0.5, 0.6) is 5.75 Å². The second-order valence-corrected chi connectivity index (χ2v) is 12.0. The third-order valence-electron chi connectivity index (χ3n) is 7.73. The largest absolute Gasteiger partial charge is 0.495 e. The van der Waals surface area contributed by atoms with Crippen molar-refractivity contribution in [2.75, 3.05) is 39.8 Å². The summed E-state index contributed by atoms with van der Waals surface area (Å²) in [6.07, 6.45) is 6.88. The van der Waals surface area contributed by atoms with Gasteiger partial charge in [0.1, 0.15) is 10.6 Å². The summed E-state index contributed by atoms with van der Waals surface area (Å²) in [7, 11) is -2.05. The molecule has 3 heterocycles. The lowest BCUT2D eigenvalue weighted by Crippen LogP contribution is -2.45. The molecule has 34 heavy (non-hydrogen) atoms. The maximum absolute atomic E-state index is 13.2. The Morgan fingerprint density at radius 1 is 1.21 bits per heavy atom. The molecule has 3 atom stereocenters. The molecule has 3 unspecified atom stereocenters. The summed E-state index contributed by atoms with van der Waals surface area (Å²) >= 11 is 0. The number of nitrogens with zero attached hydrogens (tertiary/aromatic N) is 1. The van der Waals surface area contributed by atoms with E-state index in [1.807, 2.05) is 13.0 Å². The van der Waals surface area contributed by atoms with Gasteiger partial charge in [-0.3, -0.25) is 4.79 Å². The van der Waals surface area contributed by atoms with E-state index in [9.17, 15) is 13.2 Å². The van der Waals surface area contributed by atoms with Gasteiger partial charge in [0, 0.05) is 25.7 Å². The number of aryl methyl sites for hydroxylation is 1. The highest BCUT2D eigenvalue weighted by atomic mass is 32.2. The smallest absolute Gasteiger partial charge is 0.246 e. The van der Waals surface area contributed by atoms with Crippen LogP contribution in [0.3, 0.4) is 0 Å². The van der Waals surface area contributed by atoms with Gasteiger partial charge in [-0.1, -0.05) is 18.9 Å². The van der Waals surface area contributed by atoms with Gasteiger partial charge in [0.05, 0.1) is 13.2 Å². The van der Waals surface area contributed by atoms with Gasteiger partial charge in [-0.2, -0.15) is 4.31 Å². The molecule has 0 aliphatic carbocycles. The van der Waals surface area contributed by atoms with Crippen LogP contribution >= 0.6 is 0 Å². The van der Waals surface area contributed by atoms with E-state index in [4.69, 9.17) is 4.74 Å². The summed E-state index contributed by atoms with van der Waals surface area (Å²) in [5.74, 6) is 1.65. The highest BCUT2D eigenvalue weighted by Gasteiger charge is 2.38. The number of amides is 1. The standard InChI is InChI=1S/C25H40N4O4S/c1-18-6-7-23(33-2)24(15-18)34(31,32)29-13-9-19(10-14-29)5-3-4-11-27-25(30)22-16-20-17-26-12-8-21(20)28-22/h6-7,15,19-22,26,28H,3-5,8-14,16-17H2,1-2H3,(H,27,30). The topological polar surface area (TPSA) is 99.8 Å². The predicted octanol–water partition coefficient (Wildman–Crippen LogP) is 2.03. The van der Waals surface area contributed by atoms with Crippen LogP contribution in [-0.2, 0) is 14.8 Å². The molecule has 8 nitrogen and oxygen atoms in total. The number of benzene rings is 1. The Bertz CT molecular complexity index is 932. The van der Waals surface area contributed by atoms with E-state index in [2.05, 4.69) is 16.0 Å². The van der Waals surface area contributed by atoms with E-state index in [-0.39, 0.29) is 16.8 Å². The molecule has 0 spiro atoms. The first-order chi connectivity index (χ1) is 16.4. The third kappa shape index (κ3) is 5.93. The minimum Gasteiger partial charge on any atom is -0.495 e. The predicted molar refractivity (Wildman–Crippen MR) is 132 cm³/mol. The van der Waals surface area contributed by atoms with Gasteiger partial charge in [0.25, 0.3) is 0 Å². The molecule has 0 radical (unpaired) electrons. The van der Waals surface area contributed by atoms with Gasteiger partial charge in [-0.05, 0) is 81.6 Å². The number of unbranched alkanes of at least 4 members (excludes halogenated alkanes) is 1. The zero-order chi connectivity index (χ0) is 24.1. The number of fused-ring (bicyclic) bond motifs is 1. The van der Waals surface area contributed by atoms with Gasteiger partial charge < -0.3 is 20.7 Å². The highest BCUT2D eigenvalue weighted by molar-refractivity contribution is 7.89.